The van der Waals surface area contributed by atoms with E-state index in [1.54, 1.807) is 12.2 Å². The molecular weight excluding hydrogens is 364 g/mol. The third-order valence-corrected chi connectivity index (χ3v) is 3.44. The summed E-state index contributed by atoms with van der Waals surface area (Å²) in [6.45, 7) is 7.74. The van der Waals surface area contributed by atoms with E-state index in [1.165, 1.54) is 13.2 Å². The SMILES string of the molecule is COC(=O)/C=C/C(C)=C\C=C\C(C)=C/C=C/C=C(C)/C=C/C=C(C)/C=C/C(=O)O. The molecule has 0 atom stereocenters. The van der Waals surface area contributed by atoms with Gasteiger partial charge in [0.15, 0.2) is 0 Å². The molecule has 0 spiro atoms. The number of carboxylic acid groups (broad SMARTS) is 1. The third-order valence-electron chi connectivity index (χ3n) is 3.44. The van der Waals surface area contributed by atoms with Crippen LogP contribution in [0.3, 0.4) is 0 Å². The van der Waals surface area contributed by atoms with Crippen molar-refractivity contribution in [1.82, 2.24) is 0 Å². The Bertz CT molecular complexity index is 823. The number of hydrogen-bond donors (Lipinski definition) is 1. The van der Waals surface area contributed by atoms with Crippen LogP contribution in [0.1, 0.15) is 27.7 Å². The summed E-state index contributed by atoms with van der Waals surface area (Å²) >= 11 is 0. The number of rotatable bonds is 10. The van der Waals surface area contributed by atoms with E-state index in [2.05, 4.69) is 4.74 Å². The maximum absolute atomic E-state index is 11.0. The number of aliphatic carboxylic acids is 1. The molecule has 0 saturated carbocycles. The lowest BCUT2D eigenvalue weighted by molar-refractivity contribution is -0.135. The second kappa shape index (κ2) is 15.6. The topological polar surface area (TPSA) is 63.6 Å². The van der Waals surface area contributed by atoms with Crippen molar-refractivity contribution >= 4 is 11.9 Å². The van der Waals surface area contributed by atoms with E-state index in [4.69, 9.17) is 5.11 Å². The van der Waals surface area contributed by atoms with E-state index in [1.807, 2.05) is 88.5 Å². The second-order valence-electron chi connectivity index (χ2n) is 6.27. The maximum Gasteiger partial charge on any atom is 0.330 e. The first kappa shape index (κ1) is 25.6. The fourth-order valence-electron chi connectivity index (χ4n) is 1.81. The molecule has 0 radical (unpaired) electrons. The summed E-state index contributed by atoms with van der Waals surface area (Å²) in [6, 6.07) is 0. The Morgan fingerprint density at radius 3 is 1.38 bits per heavy atom. The number of carboxylic acids is 1. The minimum atomic E-state index is -0.956. The highest BCUT2D eigenvalue weighted by Crippen LogP contribution is 2.02. The molecule has 4 heteroatoms. The van der Waals surface area contributed by atoms with Crippen LogP contribution in [-0.4, -0.2) is 24.2 Å². The molecule has 0 aliphatic carbocycles. The number of carbonyl (C=O) groups excluding carboxylic acids is 1. The minimum Gasteiger partial charge on any atom is -0.478 e. The second-order valence-corrected chi connectivity index (χ2v) is 6.27. The average molecular weight is 395 g/mol. The minimum absolute atomic E-state index is 0.373. The molecule has 0 bridgehead atoms. The summed E-state index contributed by atoms with van der Waals surface area (Å²) in [6.07, 6.45) is 25.2. The summed E-state index contributed by atoms with van der Waals surface area (Å²) < 4.78 is 4.54. The Kier molecular flexibility index (Phi) is 13.8. The van der Waals surface area contributed by atoms with Gasteiger partial charge in [0.05, 0.1) is 7.11 Å². The maximum atomic E-state index is 11.0. The van der Waals surface area contributed by atoms with Crippen molar-refractivity contribution in [1.29, 1.82) is 0 Å². The molecule has 0 aliphatic heterocycles. The normalized spacial score (nSPS) is 14.9. The molecule has 0 fully saturated rings. The highest BCUT2D eigenvalue weighted by Gasteiger charge is 1.89. The number of hydrogen-bond acceptors (Lipinski definition) is 3. The molecule has 0 saturated heterocycles. The average Bonchev–Trinajstić information content (AvgIpc) is 2.67. The van der Waals surface area contributed by atoms with E-state index < -0.39 is 5.97 Å². The summed E-state index contributed by atoms with van der Waals surface area (Å²) in [5.41, 5.74) is 3.98. The van der Waals surface area contributed by atoms with E-state index in [0.717, 1.165) is 28.4 Å². The predicted molar refractivity (Wildman–Crippen MR) is 120 cm³/mol. The zero-order chi connectivity index (χ0) is 22.1. The van der Waals surface area contributed by atoms with Crippen molar-refractivity contribution in [2.75, 3.05) is 7.11 Å². The van der Waals surface area contributed by atoms with Crippen molar-refractivity contribution in [2.24, 2.45) is 0 Å². The van der Waals surface area contributed by atoms with Gasteiger partial charge in [0.1, 0.15) is 0 Å². The molecule has 0 aromatic rings. The summed E-state index contributed by atoms with van der Waals surface area (Å²) in [5.74, 6) is -1.33. The molecule has 154 valence electrons. The van der Waals surface area contributed by atoms with Crippen molar-refractivity contribution in [3.63, 3.8) is 0 Å². The zero-order valence-electron chi connectivity index (χ0n) is 17.8. The van der Waals surface area contributed by atoms with Crippen LogP contribution in [-0.2, 0) is 14.3 Å². The third kappa shape index (κ3) is 16.5. The van der Waals surface area contributed by atoms with Gasteiger partial charge >= 0.3 is 11.9 Å². The molecule has 0 amide bonds. The van der Waals surface area contributed by atoms with Crippen LogP contribution < -0.4 is 0 Å². The highest BCUT2D eigenvalue weighted by atomic mass is 16.5. The quantitative estimate of drug-likeness (QED) is 0.288. The Balaban J connectivity index is 4.67. The van der Waals surface area contributed by atoms with Crippen molar-refractivity contribution in [3.8, 4) is 0 Å². The Labute approximate surface area is 174 Å². The van der Waals surface area contributed by atoms with Crippen LogP contribution in [0.5, 0.6) is 0 Å². The van der Waals surface area contributed by atoms with Crippen molar-refractivity contribution in [2.45, 2.75) is 27.7 Å². The van der Waals surface area contributed by atoms with Gasteiger partial charge in [-0.2, -0.15) is 0 Å². The van der Waals surface area contributed by atoms with Gasteiger partial charge in [0.2, 0.25) is 0 Å². The Hall–Kier alpha value is -3.40. The first-order chi connectivity index (χ1) is 13.7. The van der Waals surface area contributed by atoms with Crippen LogP contribution >= 0.6 is 0 Å². The van der Waals surface area contributed by atoms with Crippen LogP contribution in [0.25, 0.3) is 0 Å². The molecule has 29 heavy (non-hydrogen) atoms. The Morgan fingerprint density at radius 2 is 0.966 bits per heavy atom. The predicted octanol–water partition coefficient (Wildman–Crippen LogP) is 5.81. The van der Waals surface area contributed by atoms with Gasteiger partial charge in [0.25, 0.3) is 0 Å². The molecule has 0 aromatic heterocycles. The first-order valence-electron chi connectivity index (χ1n) is 9.13. The van der Waals surface area contributed by atoms with E-state index in [9.17, 15) is 9.59 Å². The number of esters is 1. The molecule has 0 heterocycles. The zero-order valence-corrected chi connectivity index (χ0v) is 17.8. The highest BCUT2D eigenvalue weighted by molar-refractivity contribution is 5.82. The van der Waals surface area contributed by atoms with Gasteiger partial charge in [0, 0.05) is 12.2 Å². The number of ether oxygens (including phenoxy) is 1. The lowest BCUT2D eigenvalue weighted by Crippen LogP contribution is -1.93. The van der Waals surface area contributed by atoms with Crippen LogP contribution in [0.2, 0.25) is 0 Å². The van der Waals surface area contributed by atoms with Gasteiger partial charge in [-0.15, -0.1) is 0 Å². The van der Waals surface area contributed by atoms with E-state index in [0.29, 0.717) is 0 Å². The molecule has 0 aromatic carbocycles. The molecular formula is C25H30O4. The summed E-state index contributed by atoms with van der Waals surface area (Å²) in [7, 11) is 1.35. The van der Waals surface area contributed by atoms with Gasteiger partial charge in [-0.25, -0.2) is 9.59 Å². The fourth-order valence-corrected chi connectivity index (χ4v) is 1.81. The van der Waals surface area contributed by atoms with Crippen molar-refractivity contribution in [3.05, 3.63) is 107 Å². The van der Waals surface area contributed by atoms with Crippen LogP contribution in [0, 0.1) is 0 Å². The fraction of sp³-hybridized carbons (Fsp3) is 0.200. The largest absolute Gasteiger partial charge is 0.478 e. The molecule has 0 aliphatic rings. The molecule has 1 N–H and O–H groups in total. The molecule has 0 unspecified atom stereocenters. The monoisotopic (exact) mass is 394 g/mol. The number of methoxy groups -OCH3 is 1. The smallest absolute Gasteiger partial charge is 0.330 e. The number of carbonyl (C=O) groups is 2. The van der Waals surface area contributed by atoms with Gasteiger partial charge in [-0.1, -0.05) is 95.2 Å². The van der Waals surface area contributed by atoms with Gasteiger partial charge < -0.3 is 9.84 Å². The van der Waals surface area contributed by atoms with Gasteiger partial charge in [-0.05, 0) is 27.7 Å². The van der Waals surface area contributed by atoms with Crippen LogP contribution in [0.4, 0.5) is 0 Å². The van der Waals surface area contributed by atoms with E-state index >= 15 is 0 Å². The lowest BCUT2D eigenvalue weighted by atomic mass is 10.2. The lowest BCUT2D eigenvalue weighted by Gasteiger charge is -1.91. The van der Waals surface area contributed by atoms with Crippen LogP contribution in [0.15, 0.2) is 107 Å². The van der Waals surface area contributed by atoms with Crippen molar-refractivity contribution < 1.29 is 19.4 Å². The summed E-state index contributed by atoms with van der Waals surface area (Å²) in [4.78, 5) is 21.5. The van der Waals surface area contributed by atoms with Gasteiger partial charge in [-0.3, -0.25) is 0 Å². The summed E-state index contributed by atoms with van der Waals surface area (Å²) in [5, 5.41) is 8.58. The first-order valence-corrected chi connectivity index (χ1v) is 9.13. The molecule has 0 rings (SSSR count). The number of allylic oxidation sites excluding steroid dienone is 16. The standard InChI is InChI=1S/C25H30O4/c1-20(12-8-14-22(3)16-18-24(26)27)10-6-7-11-21(2)13-9-15-23(4)17-19-25(28)29-5/h6-19H,1-5H3,(H,26,27)/b7-6+,12-8+,13-9+,18-16+,19-17+,20-10+,21-11-,22-14+,23-15-. The van der Waals surface area contributed by atoms with E-state index in [-0.39, 0.29) is 5.97 Å². The molecule has 4 nitrogen and oxygen atoms in total. The Morgan fingerprint density at radius 1 is 0.586 bits per heavy atom.